The van der Waals surface area contributed by atoms with Crippen molar-refractivity contribution >= 4 is 33.2 Å². The molecule has 0 unspecified atom stereocenters. The molecule has 2 rings (SSSR count). The third-order valence-electron chi connectivity index (χ3n) is 2.64. The van der Waals surface area contributed by atoms with Gasteiger partial charge >= 0.3 is 0 Å². The summed E-state index contributed by atoms with van der Waals surface area (Å²) in [6, 6.07) is 1.25. The first-order valence-electron chi connectivity index (χ1n) is 5.66. The second kappa shape index (κ2) is 6.53. The molecule has 0 saturated heterocycles. The maximum atomic E-state index is 13.4. The van der Waals surface area contributed by atoms with Gasteiger partial charge in [-0.1, -0.05) is 0 Å². The molecule has 8 heteroatoms. The summed E-state index contributed by atoms with van der Waals surface area (Å²) < 4.78 is 43.8. The van der Waals surface area contributed by atoms with Gasteiger partial charge in [0, 0.05) is 18.8 Å². The molecule has 1 aromatic heterocycles. The van der Waals surface area contributed by atoms with Crippen LogP contribution in [-0.2, 0) is 11.3 Å². The number of rotatable bonds is 5. The molecule has 20 heavy (non-hydrogen) atoms. The van der Waals surface area contributed by atoms with Crippen LogP contribution in [0, 0.1) is 5.82 Å². The molecule has 2 heterocycles. The van der Waals surface area contributed by atoms with Gasteiger partial charge in [-0.05, 0) is 39.8 Å². The van der Waals surface area contributed by atoms with Crippen LogP contribution < -0.4 is 0 Å². The Labute approximate surface area is 127 Å². The summed E-state index contributed by atoms with van der Waals surface area (Å²) in [4.78, 5) is 5.21. The van der Waals surface area contributed by atoms with Gasteiger partial charge in [0.25, 0.3) is 6.43 Å². The fraction of sp³-hybridized carbons (Fsp3) is 0.333. The first-order chi connectivity index (χ1) is 9.45. The smallest absolute Gasteiger partial charge is 0.255 e. The lowest BCUT2D eigenvalue weighted by atomic mass is 10.2. The van der Waals surface area contributed by atoms with E-state index >= 15 is 0 Å². The summed E-state index contributed by atoms with van der Waals surface area (Å²) >= 11 is 7.78. The Balaban J connectivity index is 2.17. The number of alkyl halides is 2. The third kappa shape index (κ3) is 3.92. The second-order valence-electron chi connectivity index (χ2n) is 4.13. The van der Waals surface area contributed by atoms with Crippen molar-refractivity contribution in [2.24, 2.45) is 0 Å². The molecule has 0 N–H and O–H groups in total. The van der Waals surface area contributed by atoms with E-state index in [9.17, 15) is 13.2 Å². The predicted octanol–water partition coefficient (Wildman–Crippen LogP) is 3.29. The average molecular weight is 367 g/mol. The van der Waals surface area contributed by atoms with Crippen LogP contribution >= 0.6 is 28.1 Å². The summed E-state index contributed by atoms with van der Waals surface area (Å²) in [5.41, 5.74) is 1.05. The third-order valence-corrected chi connectivity index (χ3v) is 3.46. The number of aromatic nitrogens is 1. The van der Waals surface area contributed by atoms with Crippen molar-refractivity contribution in [3.05, 3.63) is 40.0 Å². The van der Waals surface area contributed by atoms with Gasteiger partial charge in [0.05, 0.1) is 12.2 Å². The van der Waals surface area contributed by atoms with Crippen molar-refractivity contribution in [2.75, 3.05) is 13.2 Å². The molecule has 0 spiro atoms. The van der Waals surface area contributed by atoms with Crippen LogP contribution in [0.15, 0.2) is 28.6 Å². The molecule has 0 amide bonds. The summed E-state index contributed by atoms with van der Waals surface area (Å²) in [7, 11) is 0. The minimum atomic E-state index is -2.52. The highest BCUT2D eigenvalue weighted by atomic mass is 79.9. The molecular weight excluding hydrogens is 357 g/mol. The molecular formula is C12H10BrF3N2OS. The summed E-state index contributed by atoms with van der Waals surface area (Å²) in [6.07, 6.45) is 0.444. The van der Waals surface area contributed by atoms with Crippen molar-refractivity contribution in [3.8, 4) is 0 Å². The van der Waals surface area contributed by atoms with E-state index in [0.717, 1.165) is 0 Å². The quantitative estimate of drug-likeness (QED) is 0.589. The van der Waals surface area contributed by atoms with Gasteiger partial charge in [-0.3, -0.25) is 0 Å². The van der Waals surface area contributed by atoms with Gasteiger partial charge in [0.2, 0.25) is 0 Å². The molecule has 0 aromatic carbocycles. The van der Waals surface area contributed by atoms with Crippen molar-refractivity contribution < 1.29 is 17.9 Å². The molecule has 1 aliphatic rings. The zero-order chi connectivity index (χ0) is 14.7. The summed E-state index contributed by atoms with van der Waals surface area (Å²) in [5.74, 6) is -0.535. The zero-order valence-electron chi connectivity index (χ0n) is 10.2. The van der Waals surface area contributed by atoms with Crippen molar-refractivity contribution in [1.29, 1.82) is 0 Å². The van der Waals surface area contributed by atoms with Crippen LogP contribution in [0.3, 0.4) is 0 Å². The maximum absolute atomic E-state index is 13.4. The number of ether oxygens (including phenoxy) is 1. The summed E-state index contributed by atoms with van der Waals surface area (Å²) in [5, 5.41) is 0.263. The first kappa shape index (κ1) is 15.2. The molecule has 0 fully saturated rings. The van der Waals surface area contributed by atoms with Crippen LogP contribution in [0.2, 0.25) is 0 Å². The van der Waals surface area contributed by atoms with Crippen molar-refractivity contribution in [3.63, 3.8) is 0 Å². The highest BCUT2D eigenvalue weighted by molar-refractivity contribution is 9.10. The van der Waals surface area contributed by atoms with E-state index in [1.807, 2.05) is 0 Å². The van der Waals surface area contributed by atoms with E-state index in [0.29, 0.717) is 11.3 Å². The molecule has 0 atom stereocenters. The molecule has 1 aromatic rings. The monoisotopic (exact) mass is 366 g/mol. The number of hydrogen-bond donors (Lipinski definition) is 0. The topological polar surface area (TPSA) is 25.4 Å². The van der Waals surface area contributed by atoms with Crippen LogP contribution in [0.5, 0.6) is 0 Å². The largest absolute Gasteiger partial charge is 0.477 e. The Morgan fingerprint density at radius 1 is 1.50 bits per heavy atom. The number of thiocarbonyl (C=S) groups is 1. The van der Waals surface area contributed by atoms with Gasteiger partial charge in [-0.25, -0.2) is 18.2 Å². The van der Waals surface area contributed by atoms with Crippen molar-refractivity contribution in [1.82, 2.24) is 9.88 Å². The SMILES string of the molecule is Fc1cc(CN(CC(F)F)C2=CC(=S)OC2)cnc1Br. The van der Waals surface area contributed by atoms with E-state index in [1.165, 1.54) is 23.2 Å². The first-order valence-corrected chi connectivity index (χ1v) is 6.86. The fourth-order valence-corrected chi connectivity index (χ4v) is 2.18. The molecule has 108 valence electrons. The van der Waals surface area contributed by atoms with Crippen LogP contribution in [0.4, 0.5) is 13.2 Å². The van der Waals surface area contributed by atoms with Gasteiger partial charge < -0.3 is 9.64 Å². The predicted molar refractivity (Wildman–Crippen MR) is 74.9 cm³/mol. The van der Waals surface area contributed by atoms with Crippen molar-refractivity contribution in [2.45, 2.75) is 13.0 Å². The van der Waals surface area contributed by atoms with E-state index < -0.39 is 18.8 Å². The number of pyridine rings is 1. The Bertz CT molecular complexity index is 554. The number of hydrogen-bond acceptors (Lipinski definition) is 4. The fourth-order valence-electron chi connectivity index (χ4n) is 1.76. The molecule has 0 aliphatic carbocycles. The maximum Gasteiger partial charge on any atom is 0.255 e. The lowest BCUT2D eigenvalue weighted by molar-refractivity contribution is 0.0965. The molecule has 3 nitrogen and oxygen atoms in total. The van der Waals surface area contributed by atoms with Gasteiger partial charge in [-0.15, -0.1) is 0 Å². The molecule has 0 saturated carbocycles. The summed E-state index contributed by atoms with van der Waals surface area (Å²) in [6.45, 7) is -0.215. The lowest BCUT2D eigenvalue weighted by Gasteiger charge is -2.24. The minimum Gasteiger partial charge on any atom is -0.477 e. The normalized spacial score (nSPS) is 14.4. The van der Waals surface area contributed by atoms with E-state index in [4.69, 9.17) is 17.0 Å². The van der Waals surface area contributed by atoms with Crippen LogP contribution in [0.1, 0.15) is 5.56 Å². The number of nitrogens with zero attached hydrogens (tertiary/aromatic N) is 2. The Kier molecular flexibility index (Phi) is 4.98. The Morgan fingerprint density at radius 2 is 2.25 bits per heavy atom. The van der Waals surface area contributed by atoms with Crippen LogP contribution in [-0.4, -0.2) is 34.5 Å². The van der Waals surface area contributed by atoms with E-state index in [2.05, 4.69) is 20.9 Å². The van der Waals surface area contributed by atoms with Gasteiger partial charge in [-0.2, -0.15) is 0 Å². The van der Waals surface area contributed by atoms with Gasteiger partial charge in [0.15, 0.2) is 10.9 Å². The molecule has 0 bridgehead atoms. The lowest BCUT2D eigenvalue weighted by Crippen LogP contribution is -2.28. The highest BCUT2D eigenvalue weighted by Crippen LogP contribution is 2.20. The standard InChI is InChI=1S/C12H10BrF3N2OS/c13-12-9(14)1-7(3-17-12)4-18(5-10(15)16)8-2-11(20)19-6-8/h1-3,10H,4-6H2. The van der Waals surface area contributed by atoms with Crippen LogP contribution in [0.25, 0.3) is 0 Å². The zero-order valence-corrected chi connectivity index (χ0v) is 12.6. The van der Waals surface area contributed by atoms with E-state index in [-0.39, 0.29) is 22.8 Å². The molecule has 0 radical (unpaired) electrons. The van der Waals surface area contributed by atoms with E-state index in [1.54, 1.807) is 0 Å². The van der Waals surface area contributed by atoms with Gasteiger partial charge in [0.1, 0.15) is 11.2 Å². The average Bonchev–Trinajstić information content (AvgIpc) is 2.79. The Hall–Kier alpha value is -1.15. The minimum absolute atomic E-state index is 0.0891. The number of halogens is 4. The molecule has 1 aliphatic heterocycles. The second-order valence-corrected chi connectivity index (χ2v) is 5.28. The Morgan fingerprint density at radius 3 is 2.80 bits per heavy atom. The highest BCUT2D eigenvalue weighted by Gasteiger charge is 2.21.